The molecule has 2 aromatic heterocycles. The SMILES string of the molecule is CCc1cc2c(N3CCN(C(=O)CCc4ccccc4)CC3)nc(C)nc2s1. The summed E-state index contributed by atoms with van der Waals surface area (Å²) in [7, 11) is 0. The van der Waals surface area contributed by atoms with Gasteiger partial charge >= 0.3 is 0 Å². The fraction of sp³-hybridized carbons (Fsp3) is 0.409. The second kappa shape index (κ2) is 8.27. The fourth-order valence-electron chi connectivity index (χ4n) is 3.70. The van der Waals surface area contributed by atoms with Crippen molar-refractivity contribution >= 4 is 33.3 Å². The van der Waals surface area contributed by atoms with Crippen LogP contribution in [0.2, 0.25) is 0 Å². The normalized spacial score (nSPS) is 14.6. The van der Waals surface area contributed by atoms with Crippen molar-refractivity contribution in [3.63, 3.8) is 0 Å². The van der Waals surface area contributed by atoms with Crippen molar-refractivity contribution in [1.82, 2.24) is 14.9 Å². The number of thiophene rings is 1. The lowest BCUT2D eigenvalue weighted by Gasteiger charge is -2.35. The molecule has 1 aromatic carbocycles. The summed E-state index contributed by atoms with van der Waals surface area (Å²) in [6, 6.07) is 12.5. The lowest BCUT2D eigenvalue weighted by atomic mass is 10.1. The number of anilines is 1. The second-order valence-corrected chi connectivity index (χ2v) is 8.35. The van der Waals surface area contributed by atoms with Crippen LogP contribution in [-0.2, 0) is 17.6 Å². The Morgan fingerprint density at radius 3 is 2.57 bits per heavy atom. The number of piperazine rings is 1. The number of aryl methyl sites for hydroxylation is 3. The summed E-state index contributed by atoms with van der Waals surface area (Å²) in [6.07, 6.45) is 2.40. The highest BCUT2D eigenvalue weighted by Crippen LogP contribution is 2.31. The van der Waals surface area contributed by atoms with Crippen molar-refractivity contribution in [2.75, 3.05) is 31.1 Å². The summed E-state index contributed by atoms with van der Waals surface area (Å²) in [6.45, 7) is 7.27. The van der Waals surface area contributed by atoms with Crippen LogP contribution in [0, 0.1) is 6.92 Å². The number of benzene rings is 1. The van der Waals surface area contributed by atoms with Crippen LogP contribution in [0.25, 0.3) is 10.2 Å². The van der Waals surface area contributed by atoms with Crippen LogP contribution in [0.4, 0.5) is 5.82 Å². The summed E-state index contributed by atoms with van der Waals surface area (Å²) in [5, 5.41) is 1.15. The molecule has 1 amide bonds. The van der Waals surface area contributed by atoms with Gasteiger partial charge in [0.25, 0.3) is 0 Å². The maximum Gasteiger partial charge on any atom is 0.223 e. The molecule has 0 atom stereocenters. The number of nitrogens with zero attached hydrogens (tertiary/aromatic N) is 4. The van der Waals surface area contributed by atoms with E-state index in [1.807, 2.05) is 30.0 Å². The minimum Gasteiger partial charge on any atom is -0.352 e. The molecule has 4 rings (SSSR count). The highest BCUT2D eigenvalue weighted by atomic mass is 32.1. The number of amides is 1. The quantitative estimate of drug-likeness (QED) is 0.660. The first-order chi connectivity index (χ1) is 13.6. The van der Waals surface area contributed by atoms with Gasteiger partial charge in [0, 0.05) is 37.5 Å². The number of aromatic nitrogens is 2. The van der Waals surface area contributed by atoms with Gasteiger partial charge in [-0.3, -0.25) is 4.79 Å². The molecule has 1 fully saturated rings. The molecule has 3 aromatic rings. The van der Waals surface area contributed by atoms with Crippen molar-refractivity contribution < 1.29 is 4.79 Å². The molecular formula is C22H26N4OS. The predicted molar refractivity (Wildman–Crippen MR) is 115 cm³/mol. The smallest absolute Gasteiger partial charge is 0.223 e. The number of carbonyl (C=O) groups is 1. The lowest BCUT2D eigenvalue weighted by Crippen LogP contribution is -2.49. The number of hydrogen-bond donors (Lipinski definition) is 0. The number of rotatable bonds is 5. The van der Waals surface area contributed by atoms with Gasteiger partial charge in [-0.05, 0) is 31.4 Å². The Balaban J connectivity index is 1.41. The van der Waals surface area contributed by atoms with E-state index in [1.165, 1.54) is 10.4 Å². The van der Waals surface area contributed by atoms with Gasteiger partial charge in [-0.25, -0.2) is 9.97 Å². The van der Waals surface area contributed by atoms with E-state index < -0.39 is 0 Å². The third-order valence-electron chi connectivity index (χ3n) is 5.29. The van der Waals surface area contributed by atoms with E-state index in [0.717, 1.165) is 60.9 Å². The van der Waals surface area contributed by atoms with Crippen LogP contribution in [0.3, 0.4) is 0 Å². The third kappa shape index (κ3) is 4.02. The van der Waals surface area contributed by atoms with Crippen LogP contribution in [-0.4, -0.2) is 47.0 Å². The number of carbonyl (C=O) groups excluding carboxylic acids is 1. The molecule has 0 radical (unpaired) electrons. The maximum absolute atomic E-state index is 12.6. The van der Waals surface area contributed by atoms with E-state index in [2.05, 4.69) is 35.0 Å². The van der Waals surface area contributed by atoms with E-state index in [9.17, 15) is 4.79 Å². The van der Waals surface area contributed by atoms with Gasteiger partial charge < -0.3 is 9.80 Å². The molecule has 0 bridgehead atoms. The van der Waals surface area contributed by atoms with Gasteiger partial charge in [-0.1, -0.05) is 37.3 Å². The van der Waals surface area contributed by atoms with Crippen molar-refractivity contribution in [3.8, 4) is 0 Å². The summed E-state index contributed by atoms with van der Waals surface area (Å²) in [5.74, 6) is 2.08. The van der Waals surface area contributed by atoms with Gasteiger partial charge in [0.15, 0.2) is 0 Å². The molecule has 1 aliphatic heterocycles. The molecule has 1 aliphatic rings. The van der Waals surface area contributed by atoms with E-state index in [1.54, 1.807) is 11.3 Å². The minimum atomic E-state index is 0.247. The van der Waals surface area contributed by atoms with Crippen LogP contribution < -0.4 is 4.90 Å². The van der Waals surface area contributed by atoms with Crippen molar-refractivity contribution in [2.45, 2.75) is 33.1 Å². The molecule has 0 spiro atoms. The van der Waals surface area contributed by atoms with E-state index in [0.29, 0.717) is 6.42 Å². The lowest BCUT2D eigenvalue weighted by molar-refractivity contribution is -0.131. The van der Waals surface area contributed by atoms with Crippen molar-refractivity contribution in [1.29, 1.82) is 0 Å². The predicted octanol–water partition coefficient (Wildman–Crippen LogP) is 3.84. The largest absolute Gasteiger partial charge is 0.352 e. The molecule has 0 N–H and O–H groups in total. The second-order valence-electron chi connectivity index (χ2n) is 7.23. The highest BCUT2D eigenvalue weighted by Gasteiger charge is 2.24. The van der Waals surface area contributed by atoms with E-state index in [4.69, 9.17) is 4.98 Å². The number of fused-ring (bicyclic) bond motifs is 1. The van der Waals surface area contributed by atoms with Gasteiger partial charge in [0.2, 0.25) is 5.91 Å². The van der Waals surface area contributed by atoms with Crippen LogP contribution in [0.15, 0.2) is 36.4 Å². The average molecular weight is 395 g/mol. The molecule has 146 valence electrons. The standard InChI is InChI=1S/C22H26N4OS/c1-3-18-15-19-21(23-16(2)24-22(19)28-18)26-13-11-25(12-14-26)20(27)10-9-17-7-5-4-6-8-17/h4-8,15H,3,9-14H2,1-2H3. The van der Waals surface area contributed by atoms with Gasteiger partial charge in [0.05, 0.1) is 5.39 Å². The zero-order valence-corrected chi connectivity index (χ0v) is 17.3. The monoisotopic (exact) mass is 394 g/mol. The Kier molecular flexibility index (Phi) is 5.57. The molecule has 28 heavy (non-hydrogen) atoms. The summed E-state index contributed by atoms with van der Waals surface area (Å²) >= 11 is 1.76. The Hall–Kier alpha value is -2.47. The Morgan fingerprint density at radius 1 is 1.11 bits per heavy atom. The molecular weight excluding hydrogens is 368 g/mol. The van der Waals surface area contributed by atoms with E-state index in [-0.39, 0.29) is 5.91 Å². The maximum atomic E-state index is 12.6. The summed E-state index contributed by atoms with van der Waals surface area (Å²) in [4.78, 5) is 28.7. The van der Waals surface area contributed by atoms with Gasteiger partial charge in [-0.15, -0.1) is 11.3 Å². The van der Waals surface area contributed by atoms with Crippen LogP contribution in [0.5, 0.6) is 0 Å². The first kappa shape index (κ1) is 18.9. The number of hydrogen-bond acceptors (Lipinski definition) is 5. The highest BCUT2D eigenvalue weighted by molar-refractivity contribution is 7.18. The zero-order chi connectivity index (χ0) is 19.5. The third-order valence-corrected chi connectivity index (χ3v) is 6.46. The average Bonchev–Trinajstić information content (AvgIpc) is 3.15. The molecule has 1 saturated heterocycles. The zero-order valence-electron chi connectivity index (χ0n) is 16.5. The first-order valence-corrected chi connectivity index (χ1v) is 10.8. The molecule has 0 saturated carbocycles. The molecule has 0 aliphatic carbocycles. The topological polar surface area (TPSA) is 49.3 Å². The Bertz CT molecular complexity index is 961. The summed E-state index contributed by atoms with van der Waals surface area (Å²) < 4.78 is 0. The van der Waals surface area contributed by atoms with E-state index >= 15 is 0 Å². The van der Waals surface area contributed by atoms with Crippen LogP contribution >= 0.6 is 11.3 Å². The Morgan fingerprint density at radius 2 is 1.86 bits per heavy atom. The molecule has 0 unspecified atom stereocenters. The van der Waals surface area contributed by atoms with Crippen LogP contribution in [0.1, 0.15) is 29.6 Å². The van der Waals surface area contributed by atoms with Crippen molar-refractivity contribution in [2.24, 2.45) is 0 Å². The van der Waals surface area contributed by atoms with Crippen molar-refractivity contribution in [3.05, 3.63) is 52.7 Å². The minimum absolute atomic E-state index is 0.247. The fourth-order valence-corrected chi connectivity index (χ4v) is 4.70. The van der Waals surface area contributed by atoms with Gasteiger partial charge in [0.1, 0.15) is 16.5 Å². The first-order valence-electron chi connectivity index (χ1n) is 9.97. The molecule has 5 nitrogen and oxygen atoms in total. The summed E-state index contributed by atoms with van der Waals surface area (Å²) in [5.41, 5.74) is 1.22. The van der Waals surface area contributed by atoms with Gasteiger partial charge in [-0.2, -0.15) is 0 Å². The molecule has 3 heterocycles. The molecule has 6 heteroatoms. The Labute approximate surface area is 170 Å².